The number of ether oxygens (including phenoxy) is 1. The molecule has 5 aliphatic rings. The van der Waals surface area contributed by atoms with Gasteiger partial charge in [-0.25, -0.2) is 9.50 Å². The average molecular weight is 491 g/mol. The van der Waals surface area contributed by atoms with Crippen LogP contribution in [-0.2, 0) is 9.53 Å². The Bertz CT molecular complexity index is 1290. The fourth-order valence-electron chi connectivity index (χ4n) is 5.94. The number of nitrogens with zero attached hydrogens (tertiary/aromatic N) is 3. The maximum absolute atomic E-state index is 13.2. The Morgan fingerprint density at radius 2 is 1.94 bits per heavy atom. The molecule has 0 aromatic carbocycles. The summed E-state index contributed by atoms with van der Waals surface area (Å²) in [6.45, 7) is 0.999. The van der Waals surface area contributed by atoms with E-state index in [1.807, 2.05) is 6.08 Å². The molecule has 3 heterocycles. The Balaban J connectivity index is 1.15. The highest BCUT2D eigenvalue weighted by Crippen LogP contribution is 2.49. The number of hydrogen-bond donors (Lipinski definition) is 3. The summed E-state index contributed by atoms with van der Waals surface area (Å²) in [5.41, 5.74) is 2.73. The van der Waals surface area contributed by atoms with Crippen molar-refractivity contribution in [1.29, 1.82) is 0 Å². The molecule has 3 fully saturated rings. The first-order chi connectivity index (χ1) is 17.5. The second-order valence-corrected chi connectivity index (χ2v) is 10.5. The third-order valence-electron chi connectivity index (χ3n) is 8.15. The van der Waals surface area contributed by atoms with Crippen LogP contribution < -0.4 is 16.0 Å². The molecule has 36 heavy (non-hydrogen) atoms. The molecule has 3 N–H and O–H groups in total. The molecular weight excluding hydrogens is 460 g/mol. The maximum atomic E-state index is 13.2. The van der Waals surface area contributed by atoms with Crippen LogP contribution in [0.1, 0.15) is 72.3 Å². The van der Waals surface area contributed by atoms with E-state index in [0.29, 0.717) is 36.5 Å². The van der Waals surface area contributed by atoms with Gasteiger partial charge in [-0.15, -0.1) is 0 Å². The van der Waals surface area contributed by atoms with Crippen LogP contribution in [0.4, 0.5) is 0 Å². The summed E-state index contributed by atoms with van der Waals surface area (Å²) < 4.78 is 6.94. The van der Waals surface area contributed by atoms with Gasteiger partial charge in [0.2, 0.25) is 0 Å². The van der Waals surface area contributed by atoms with Gasteiger partial charge in [0.05, 0.1) is 11.9 Å². The molecule has 188 valence electrons. The van der Waals surface area contributed by atoms with Crippen LogP contribution in [-0.4, -0.2) is 52.0 Å². The van der Waals surface area contributed by atoms with E-state index in [-0.39, 0.29) is 35.4 Å². The molecule has 2 bridgehead atoms. The molecule has 3 amide bonds. The molecule has 1 aliphatic heterocycles. The quantitative estimate of drug-likeness (QED) is 0.570. The van der Waals surface area contributed by atoms with E-state index >= 15 is 0 Å². The first kappa shape index (κ1) is 22.8. The highest BCUT2D eigenvalue weighted by molar-refractivity contribution is 5.98. The Morgan fingerprint density at radius 3 is 2.75 bits per heavy atom. The third kappa shape index (κ3) is 4.36. The van der Waals surface area contributed by atoms with E-state index in [9.17, 15) is 14.4 Å². The van der Waals surface area contributed by atoms with Crippen molar-refractivity contribution in [3.8, 4) is 0 Å². The molecule has 0 radical (unpaired) electrons. The van der Waals surface area contributed by atoms with Gasteiger partial charge in [0.1, 0.15) is 17.1 Å². The van der Waals surface area contributed by atoms with Gasteiger partial charge in [0.25, 0.3) is 17.7 Å². The number of nitrogens with one attached hydrogen (secondary N) is 3. The zero-order chi connectivity index (χ0) is 24.7. The van der Waals surface area contributed by atoms with E-state index in [2.05, 4.69) is 26.0 Å². The molecule has 4 aliphatic carbocycles. The van der Waals surface area contributed by atoms with Gasteiger partial charge in [0.15, 0.2) is 12.3 Å². The van der Waals surface area contributed by atoms with E-state index in [1.165, 1.54) is 49.1 Å². The van der Waals surface area contributed by atoms with E-state index < -0.39 is 0 Å². The molecule has 2 aromatic heterocycles. The molecule has 7 rings (SSSR count). The molecule has 0 saturated heterocycles. The lowest BCUT2D eigenvalue weighted by Crippen LogP contribution is -2.44. The van der Waals surface area contributed by atoms with Crippen LogP contribution in [0, 0.1) is 11.3 Å². The van der Waals surface area contributed by atoms with Crippen molar-refractivity contribution in [2.75, 3.05) is 19.7 Å². The van der Waals surface area contributed by atoms with E-state index in [1.54, 1.807) is 12.3 Å². The number of hydrogen-bond acceptors (Lipinski definition) is 6. The van der Waals surface area contributed by atoms with Crippen LogP contribution in [0.3, 0.4) is 0 Å². The number of fused-ring (bicyclic) bond motifs is 4. The van der Waals surface area contributed by atoms with Gasteiger partial charge in [0, 0.05) is 31.6 Å². The number of aromatic nitrogens is 3. The van der Waals surface area contributed by atoms with Crippen molar-refractivity contribution >= 4 is 23.4 Å². The van der Waals surface area contributed by atoms with Crippen LogP contribution in [0.15, 0.2) is 41.4 Å². The normalized spacial score (nSPS) is 25.1. The summed E-state index contributed by atoms with van der Waals surface area (Å²) >= 11 is 0. The second-order valence-electron chi connectivity index (χ2n) is 10.5. The van der Waals surface area contributed by atoms with E-state index in [4.69, 9.17) is 4.74 Å². The summed E-state index contributed by atoms with van der Waals surface area (Å²) in [7, 11) is 0. The molecule has 10 nitrogen and oxygen atoms in total. The summed E-state index contributed by atoms with van der Waals surface area (Å²) in [4.78, 5) is 42.2. The summed E-state index contributed by atoms with van der Waals surface area (Å²) in [5, 5.41) is 13.1. The second kappa shape index (κ2) is 9.07. The van der Waals surface area contributed by atoms with Gasteiger partial charge in [-0.1, -0.05) is 0 Å². The SMILES string of the molecule is O=C1COC2=C(C=C(CNC(=O)c3cc(C(=O)NCC45CCC(CC4)CC5)n4nccc4n3)CC2)N1. The predicted molar refractivity (Wildman–Crippen MR) is 130 cm³/mol. The minimum atomic E-state index is -0.374. The van der Waals surface area contributed by atoms with Gasteiger partial charge in [-0.3, -0.25) is 14.4 Å². The van der Waals surface area contributed by atoms with Crippen molar-refractivity contribution < 1.29 is 19.1 Å². The van der Waals surface area contributed by atoms with Crippen molar-refractivity contribution in [3.05, 3.63) is 52.8 Å². The Labute approximate surface area is 208 Å². The largest absolute Gasteiger partial charge is 0.486 e. The average Bonchev–Trinajstić information content (AvgIpc) is 3.39. The lowest BCUT2D eigenvalue weighted by molar-refractivity contribution is -0.125. The van der Waals surface area contributed by atoms with Crippen LogP contribution in [0.5, 0.6) is 0 Å². The van der Waals surface area contributed by atoms with Crippen molar-refractivity contribution in [2.24, 2.45) is 11.3 Å². The minimum Gasteiger partial charge on any atom is -0.486 e. The highest BCUT2D eigenvalue weighted by atomic mass is 16.5. The minimum absolute atomic E-state index is 0.0405. The number of rotatable bonds is 6. The predicted octanol–water partition coefficient (Wildman–Crippen LogP) is 2.24. The molecule has 0 unspecified atom stereocenters. The maximum Gasteiger partial charge on any atom is 0.270 e. The van der Waals surface area contributed by atoms with Crippen molar-refractivity contribution in [2.45, 2.75) is 51.4 Å². The highest BCUT2D eigenvalue weighted by Gasteiger charge is 2.40. The molecule has 3 saturated carbocycles. The Kier molecular flexibility index (Phi) is 5.73. The van der Waals surface area contributed by atoms with Crippen molar-refractivity contribution in [3.63, 3.8) is 0 Å². The third-order valence-corrected chi connectivity index (χ3v) is 8.15. The molecule has 2 aromatic rings. The monoisotopic (exact) mass is 490 g/mol. The molecular formula is C26H30N6O4. The fraction of sp³-hybridized carbons (Fsp3) is 0.500. The van der Waals surface area contributed by atoms with Gasteiger partial charge in [-0.05, 0) is 67.9 Å². The smallest absolute Gasteiger partial charge is 0.270 e. The fourth-order valence-corrected chi connectivity index (χ4v) is 5.94. The number of carbonyl (C=O) groups is 3. The topological polar surface area (TPSA) is 127 Å². The van der Waals surface area contributed by atoms with Crippen LogP contribution in [0.25, 0.3) is 5.65 Å². The van der Waals surface area contributed by atoms with Gasteiger partial charge in [-0.2, -0.15) is 5.10 Å². The molecule has 10 heteroatoms. The summed E-state index contributed by atoms with van der Waals surface area (Å²) in [5.74, 6) is 0.834. The Hall–Kier alpha value is -3.69. The van der Waals surface area contributed by atoms with Crippen LogP contribution in [0.2, 0.25) is 0 Å². The Morgan fingerprint density at radius 1 is 1.14 bits per heavy atom. The standard InChI is InChI=1S/C26H30N6O4/c33-23-14-36-21-2-1-17(11-18(21)31-23)13-27-24(34)19-12-20(32-22(30-19)6-10-29-32)25(35)28-15-26-7-3-16(4-8-26)5-9-26/h6,10-12,16H,1-5,7-9,13-15H2,(H,27,34)(H,28,35)(H,31,33). The first-order valence-corrected chi connectivity index (χ1v) is 12.7. The molecule has 0 spiro atoms. The number of allylic oxidation sites excluding steroid dienone is 2. The zero-order valence-corrected chi connectivity index (χ0v) is 20.1. The lowest BCUT2D eigenvalue weighted by Gasteiger charge is -2.46. The zero-order valence-electron chi connectivity index (χ0n) is 20.1. The number of amides is 3. The van der Waals surface area contributed by atoms with Gasteiger partial charge < -0.3 is 20.7 Å². The lowest BCUT2D eigenvalue weighted by atomic mass is 9.61. The molecule has 0 atom stereocenters. The summed E-state index contributed by atoms with van der Waals surface area (Å²) in [6, 6.07) is 3.18. The number of carbonyl (C=O) groups excluding carboxylic acids is 3. The first-order valence-electron chi connectivity index (χ1n) is 12.7. The van der Waals surface area contributed by atoms with Gasteiger partial charge >= 0.3 is 0 Å². The van der Waals surface area contributed by atoms with E-state index in [0.717, 1.165) is 23.7 Å². The van der Waals surface area contributed by atoms with Crippen LogP contribution >= 0.6 is 0 Å². The summed E-state index contributed by atoms with van der Waals surface area (Å²) in [6.07, 6.45) is 12.1. The van der Waals surface area contributed by atoms with Crippen molar-refractivity contribution in [1.82, 2.24) is 30.5 Å².